The maximum absolute atomic E-state index is 12.3. The predicted octanol–water partition coefficient (Wildman–Crippen LogP) is 2.44. The summed E-state index contributed by atoms with van der Waals surface area (Å²) in [7, 11) is -3.27. The molecule has 1 fully saturated rings. The molecule has 3 atom stereocenters. The van der Waals surface area contributed by atoms with Gasteiger partial charge < -0.3 is 0 Å². The number of hydrogen-bond acceptors (Lipinski definition) is 2. The van der Waals surface area contributed by atoms with E-state index in [2.05, 4.69) is 22.9 Å². The fraction of sp³-hybridized carbons (Fsp3) is 0.294. The minimum Gasteiger partial charge on any atom is -0.212 e. The van der Waals surface area contributed by atoms with Crippen LogP contribution in [-0.2, 0) is 22.2 Å². The van der Waals surface area contributed by atoms with Gasteiger partial charge in [0.2, 0.25) is 10.0 Å². The Kier molecular flexibility index (Phi) is 2.91. The zero-order valence-electron chi connectivity index (χ0n) is 11.6. The molecule has 4 heteroatoms. The van der Waals surface area contributed by atoms with Crippen LogP contribution < -0.4 is 4.72 Å². The molecule has 3 nitrogen and oxygen atoms in total. The van der Waals surface area contributed by atoms with E-state index in [9.17, 15) is 8.42 Å². The number of benzene rings is 2. The second kappa shape index (κ2) is 4.68. The molecular weight excluding hydrogens is 282 g/mol. The number of sulfonamides is 1. The Balaban J connectivity index is 1.47. The van der Waals surface area contributed by atoms with Crippen LogP contribution in [0.4, 0.5) is 0 Å². The van der Waals surface area contributed by atoms with E-state index in [0.717, 1.165) is 12.0 Å². The van der Waals surface area contributed by atoms with Gasteiger partial charge in [-0.05, 0) is 29.0 Å². The van der Waals surface area contributed by atoms with Crippen molar-refractivity contribution >= 4 is 10.0 Å². The molecule has 1 saturated carbocycles. The molecule has 2 aliphatic carbocycles. The monoisotopic (exact) mass is 299 g/mol. The highest BCUT2D eigenvalue weighted by molar-refractivity contribution is 7.88. The van der Waals surface area contributed by atoms with Crippen molar-refractivity contribution in [3.63, 3.8) is 0 Å². The molecule has 0 spiro atoms. The summed E-state index contributed by atoms with van der Waals surface area (Å²) in [4.78, 5) is 0. The molecular formula is C17H17NO2S. The van der Waals surface area contributed by atoms with Crippen LogP contribution in [0.15, 0.2) is 54.6 Å². The normalized spacial score (nSPS) is 26.2. The van der Waals surface area contributed by atoms with Gasteiger partial charge in [-0.3, -0.25) is 0 Å². The van der Waals surface area contributed by atoms with Crippen molar-refractivity contribution in [1.82, 2.24) is 4.72 Å². The predicted molar refractivity (Wildman–Crippen MR) is 82.4 cm³/mol. The molecule has 0 amide bonds. The van der Waals surface area contributed by atoms with E-state index < -0.39 is 10.0 Å². The maximum atomic E-state index is 12.3. The van der Waals surface area contributed by atoms with Gasteiger partial charge in [0.15, 0.2) is 0 Å². The largest absolute Gasteiger partial charge is 0.216 e. The first kappa shape index (κ1) is 13.0. The maximum Gasteiger partial charge on any atom is 0.216 e. The molecule has 0 saturated heterocycles. The third kappa shape index (κ3) is 2.39. The Labute approximate surface area is 125 Å². The standard InChI is InChI=1S/C17H17NO2S/c19-21(20,11-12-6-2-1-3-7-12)18-17-15-10-13-8-4-5-9-14(13)16(15)17/h1-9,15-18H,10-11H2/t15-,16-,17+/m0/s1. The molecule has 0 bridgehead atoms. The van der Waals surface area contributed by atoms with Crippen LogP contribution in [-0.4, -0.2) is 14.5 Å². The molecule has 21 heavy (non-hydrogen) atoms. The summed E-state index contributed by atoms with van der Waals surface area (Å²) in [6.45, 7) is 0. The van der Waals surface area contributed by atoms with Crippen molar-refractivity contribution in [2.75, 3.05) is 0 Å². The Morgan fingerprint density at radius 1 is 1.00 bits per heavy atom. The van der Waals surface area contributed by atoms with Crippen molar-refractivity contribution in [2.24, 2.45) is 5.92 Å². The van der Waals surface area contributed by atoms with Gasteiger partial charge >= 0.3 is 0 Å². The Hall–Kier alpha value is -1.65. The number of rotatable bonds is 4. The molecule has 0 radical (unpaired) electrons. The van der Waals surface area contributed by atoms with Crippen molar-refractivity contribution in [3.05, 3.63) is 71.3 Å². The average Bonchev–Trinajstić information content (AvgIpc) is 2.96. The van der Waals surface area contributed by atoms with E-state index in [4.69, 9.17) is 0 Å². The second-order valence-electron chi connectivity index (χ2n) is 5.98. The van der Waals surface area contributed by atoms with Crippen molar-refractivity contribution in [2.45, 2.75) is 24.1 Å². The van der Waals surface area contributed by atoms with E-state index in [1.165, 1.54) is 11.1 Å². The lowest BCUT2D eigenvalue weighted by Crippen LogP contribution is -2.30. The quantitative estimate of drug-likeness (QED) is 0.942. The van der Waals surface area contributed by atoms with Crippen LogP contribution in [0.1, 0.15) is 22.6 Å². The van der Waals surface area contributed by atoms with Crippen LogP contribution >= 0.6 is 0 Å². The summed E-state index contributed by atoms with van der Waals surface area (Å²) in [5.74, 6) is 0.894. The van der Waals surface area contributed by atoms with Crippen molar-refractivity contribution < 1.29 is 8.42 Å². The van der Waals surface area contributed by atoms with Gasteiger partial charge in [-0.1, -0.05) is 54.6 Å². The molecule has 2 aliphatic rings. The Bertz CT molecular complexity index is 770. The third-order valence-corrected chi connectivity index (χ3v) is 5.90. The summed E-state index contributed by atoms with van der Waals surface area (Å²) in [5, 5.41) is 0. The van der Waals surface area contributed by atoms with Gasteiger partial charge in [-0.2, -0.15) is 0 Å². The van der Waals surface area contributed by atoms with E-state index in [0.29, 0.717) is 11.8 Å². The highest BCUT2D eigenvalue weighted by Gasteiger charge is 2.56. The molecule has 0 aromatic heterocycles. The first-order valence-electron chi connectivity index (χ1n) is 7.26. The molecule has 4 rings (SSSR count). The van der Waals surface area contributed by atoms with Crippen LogP contribution in [0.25, 0.3) is 0 Å². The minimum atomic E-state index is -3.27. The summed E-state index contributed by atoms with van der Waals surface area (Å²) in [6.07, 6.45) is 0.999. The summed E-state index contributed by atoms with van der Waals surface area (Å²) in [6, 6.07) is 17.8. The third-order valence-electron chi connectivity index (χ3n) is 4.55. The molecule has 1 N–H and O–H groups in total. The van der Waals surface area contributed by atoms with Gasteiger partial charge in [-0.25, -0.2) is 13.1 Å². The summed E-state index contributed by atoms with van der Waals surface area (Å²) in [5.41, 5.74) is 3.54. The lowest BCUT2D eigenvalue weighted by atomic mass is 10.1. The topological polar surface area (TPSA) is 46.2 Å². The smallest absolute Gasteiger partial charge is 0.212 e. The lowest BCUT2D eigenvalue weighted by molar-refractivity contribution is 0.574. The van der Waals surface area contributed by atoms with Crippen LogP contribution in [0.3, 0.4) is 0 Å². The lowest BCUT2D eigenvalue weighted by Gasteiger charge is -2.10. The summed E-state index contributed by atoms with van der Waals surface area (Å²) >= 11 is 0. The molecule has 0 unspecified atom stereocenters. The van der Waals surface area contributed by atoms with E-state index in [-0.39, 0.29) is 11.8 Å². The van der Waals surface area contributed by atoms with E-state index in [1.807, 2.05) is 36.4 Å². The van der Waals surface area contributed by atoms with Gasteiger partial charge in [0.25, 0.3) is 0 Å². The number of nitrogens with one attached hydrogen (secondary N) is 1. The molecule has 2 aromatic carbocycles. The summed E-state index contributed by atoms with van der Waals surface area (Å²) < 4.78 is 27.5. The van der Waals surface area contributed by atoms with Crippen molar-refractivity contribution in [1.29, 1.82) is 0 Å². The van der Waals surface area contributed by atoms with Crippen LogP contribution in [0.2, 0.25) is 0 Å². The van der Waals surface area contributed by atoms with Gasteiger partial charge in [0.1, 0.15) is 0 Å². The van der Waals surface area contributed by atoms with E-state index in [1.54, 1.807) is 0 Å². The Morgan fingerprint density at radius 3 is 2.52 bits per heavy atom. The highest BCUT2D eigenvalue weighted by Crippen LogP contribution is 2.56. The fourth-order valence-corrected chi connectivity index (χ4v) is 5.01. The second-order valence-corrected chi connectivity index (χ2v) is 7.73. The molecule has 0 aliphatic heterocycles. The first-order valence-corrected chi connectivity index (χ1v) is 8.91. The molecule has 108 valence electrons. The highest BCUT2D eigenvalue weighted by atomic mass is 32.2. The van der Waals surface area contributed by atoms with E-state index >= 15 is 0 Å². The molecule has 2 aromatic rings. The zero-order chi connectivity index (χ0) is 14.4. The minimum absolute atomic E-state index is 0.0609. The number of fused-ring (bicyclic) bond motifs is 3. The van der Waals surface area contributed by atoms with Crippen molar-refractivity contribution in [3.8, 4) is 0 Å². The Morgan fingerprint density at radius 2 is 1.71 bits per heavy atom. The molecule has 0 heterocycles. The van der Waals surface area contributed by atoms with Crippen LogP contribution in [0, 0.1) is 5.92 Å². The zero-order valence-corrected chi connectivity index (χ0v) is 12.4. The van der Waals surface area contributed by atoms with Gasteiger partial charge in [0, 0.05) is 12.0 Å². The first-order chi connectivity index (χ1) is 10.1. The van der Waals surface area contributed by atoms with Gasteiger partial charge in [0.05, 0.1) is 5.75 Å². The SMILES string of the molecule is O=S(=O)(Cc1ccccc1)N[C@@H]1[C@H]2Cc3ccccc3[C@@H]21. The average molecular weight is 299 g/mol. The number of hydrogen-bond donors (Lipinski definition) is 1. The van der Waals surface area contributed by atoms with Crippen LogP contribution in [0.5, 0.6) is 0 Å². The fourth-order valence-electron chi connectivity index (χ4n) is 3.55. The van der Waals surface area contributed by atoms with Gasteiger partial charge in [-0.15, -0.1) is 0 Å².